The monoisotopic (exact) mass is 268 g/mol. The number of aldehydes is 1. The third-order valence-corrected chi connectivity index (χ3v) is 2.71. The van der Waals surface area contributed by atoms with Crippen LogP contribution in [0.15, 0.2) is 48.5 Å². The quantitative estimate of drug-likeness (QED) is 0.817. The lowest BCUT2D eigenvalue weighted by molar-refractivity contribution is -0.105. The number of benzene rings is 2. The number of carbonyl (C=O) groups excluding carboxylic acids is 3. The number of anilines is 2. The summed E-state index contributed by atoms with van der Waals surface area (Å²) in [5.74, 6) is -0.322. The highest BCUT2D eigenvalue weighted by Gasteiger charge is 2.08. The minimum atomic E-state index is -0.322. The molecule has 0 radical (unpaired) electrons. The minimum absolute atomic E-state index is 0.322. The van der Waals surface area contributed by atoms with Gasteiger partial charge >= 0.3 is 0 Å². The van der Waals surface area contributed by atoms with E-state index in [1.165, 1.54) is 0 Å². The molecule has 5 nitrogen and oxygen atoms in total. The van der Waals surface area contributed by atoms with E-state index in [-0.39, 0.29) is 5.91 Å². The van der Waals surface area contributed by atoms with Crippen molar-refractivity contribution in [2.24, 2.45) is 0 Å². The zero-order valence-corrected chi connectivity index (χ0v) is 10.5. The second-order valence-electron chi connectivity index (χ2n) is 4.00. The van der Waals surface area contributed by atoms with Crippen LogP contribution >= 0.6 is 0 Å². The SMILES string of the molecule is O=CNc1ccc(C(=O)Nc2ccccc2C=O)cc1. The molecule has 0 atom stereocenters. The summed E-state index contributed by atoms with van der Waals surface area (Å²) < 4.78 is 0. The fraction of sp³-hybridized carbons (Fsp3) is 0. The Hall–Kier alpha value is -2.95. The molecule has 0 aliphatic carbocycles. The fourth-order valence-corrected chi connectivity index (χ4v) is 1.69. The number of rotatable bonds is 5. The van der Waals surface area contributed by atoms with Crippen molar-refractivity contribution in [2.45, 2.75) is 0 Å². The van der Waals surface area contributed by atoms with E-state index in [9.17, 15) is 14.4 Å². The Morgan fingerprint density at radius 1 is 0.950 bits per heavy atom. The summed E-state index contributed by atoms with van der Waals surface area (Å²) in [7, 11) is 0. The van der Waals surface area contributed by atoms with Crippen LogP contribution in [0.1, 0.15) is 20.7 Å². The molecule has 2 rings (SSSR count). The van der Waals surface area contributed by atoms with Gasteiger partial charge in [-0.15, -0.1) is 0 Å². The van der Waals surface area contributed by atoms with Gasteiger partial charge < -0.3 is 10.6 Å². The van der Waals surface area contributed by atoms with Crippen LogP contribution in [0.2, 0.25) is 0 Å². The Labute approximate surface area is 115 Å². The van der Waals surface area contributed by atoms with Crippen molar-refractivity contribution in [2.75, 3.05) is 10.6 Å². The number of hydrogen-bond donors (Lipinski definition) is 2. The van der Waals surface area contributed by atoms with E-state index in [1.54, 1.807) is 48.5 Å². The van der Waals surface area contributed by atoms with Crippen molar-refractivity contribution in [1.29, 1.82) is 0 Å². The van der Waals surface area contributed by atoms with Gasteiger partial charge in [-0.1, -0.05) is 12.1 Å². The van der Waals surface area contributed by atoms with Crippen LogP contribution in [0.25, 0.3) is 0 Å². The molecule has 2 amide bonds. The standard InChI is InChI=1S/C15H12N2O3/c18-9-12-3-1-2-4-14(12)17-15(20)11-5-7-13(8-6-11)16-10-19/h1-10H,(H,16,19)(H,17,20). The smallest absolute Gasteiger partial charge is 0.255 e. The summed E-state index contributed by atoms with van der Waals surface area (Å²) in [5.41, 5.74) is 1.91. The average Bonchev–Trinajstić information content (AvgIpc) is 2.49. The molecule has 0 saturated carbocycles. The van der Waals surface area contributed by atoms with Crippen LogP contribution in [0.3, 0.4) is 0 Å². The van der Waals surface area contributed by atoms with Crippen molar-refractivity contribution >= 4 is 30.0 Å². The molecule has 2 aromatic rings. The molecule has 0 heterocycles. The molecule has 0 spiro atoms. The highest BCUT2D eigenvalue weighted by molar-refractivity contribution is 6.06. The van der Waals surface area contributed by atoms with Crippen molar-refractivity contribution < 1.29 is 14.4 Å². The van der Waals surface area contributed by atoms with E-state index < -0.39 is 0 Å². The lowest BCUT2D eigenvalue weighted by Crippen LogP contribution is -2.13. The molecule has 0 fully saturated rings. The third kappa shape index (κ3) is 3.08. The van der Waals surface area contributed by atoms with E-state index in [0.717, 1.165) is 0 Å². The molecule has 5 heteroatoms. The van der Waals surface area contributed by atoms with Crippen molar-refractivity contribution in [3.63, 3.8) is 0 Å². The van der Waals surface area contributed by atoms with Crippen LogP contribution in [0, 0.1) is 0 Å². The summed E-state index contributed by atoms with van der Waals surface area (Å²) in [6, 6.07) is 13.2. The van der Waals surface area contributed by atoms with E-state index in [1.807, 2.05) is 0 Å². The zero-order valence-electron chi connectivity index (χ0n) is 10.5. The number of amides is 2. The van der Waals surface area contributed by atoms with Crippen LogP contribution in [0.4, 0.5) is 11.4 Å². The Morgan fingerprint density at radius 2 is 1.65 bits per heavy atom. The second-order valence-corrected chi connectivity index (χ2v) is 4.00. The summed E-state index contributed by atoms with van der Waals surface area (Å²) in [5, 5.41) is 5.15. The predicted octanol–water partition coefficient (Wildman–Crippen LogP) is 2.32. The zero-order chi connectivity index (χ0) is 14.4. The Morgan fingerprint density at radius 3 is 2.30 bits per heavy atom. The predicted molar refractivity (Wildman–Crippen MR) is 75.9 cm³/mol. The number of para-hydroxylation sites is 1. The molecular formula is C15H12N2O3. The van der Waals surface area contributed by atoms with Crippen LogP contribution in [0.5, 0.6) is 0 Å². The molecule has 0 aliphatic rings. The molecule has 0 saturated heterocycles. The van der Waals surface area contributed by atoms with Gasteiger partial charge in [0.1, 0.15) is 0 Å². The molecule has 2 aromatic carbocycles. The van der Waals surface area contributed by atoms with Gasteiger partial charge in [-0.25, -0.2) is 0 Å². The lowest BCUT2D eigenvalue weighted by atomic mass is 10.1. The molecule has 20 heavy (non-hydrogen) atoms. The molecule has 0 aliphatic heterocycles. The first-order valence-electron chi connectivity index (χ1n) is 5.90. The van der Waals surface area contributed by atoms with Gasteiger partial charge in [0.25, 0.3) is 5.91 Å². The lowest BCUT2D eigenvalue weighted by Gasteiger charge is -2.07. The minimum Gasteiger partial charge on any atom is -0.329 e. The molecule has 0 bridgehead atoms. The van der Waals surface area contributed by atoms with Crippen LogP contribution in [-0.2, 0) is 4.79 Å². The van der Waals surface area contributed by atoms with Crippen molar-refractivity contribution in [1.82, 2.24) is 0 Å². The number of carbonyl (C=O) groups is 3. The first kappa shape index (κ1) is 13.5. The molecule has 0 aromatic heterocycles. The van der Waals surface area contributed by atoms with Gasteiger partial charge in [0, 0.05) is 16.8 Å². The third-order valence-electron chi connectivity index (χ3n) is 2.71. The van der Waals surface area contributed by atoms with E-state index in [2.05, 4.69) is 10.6 Å². The summed E-state index contributed by atoms with van der Waals surface area (Å²) in [4.78, 5) is 33.2. The van der Waals surface area contributed by atoms with Crippen LogP contribution < -0.4 is 10.6 Å². The summed E-state index contributed by atoms with van der Waals surface area (Å²) in [6.45, 7) is 0. The van der Waals surface area contributed by atoms with Gasteiger partial charge in [0.2, 0.25) is 6.41 Å². The largest absolute Gasteiger partial charge is 0.329 e. The van der Waals surface area contributed by atoms with E-state index in [4.69, 9.17) is 0 Å². The first-order chi connectivity index (χ1) is 9.74. The Bertz CT molecular complexity index is 636. The van der Waals surface area contributed by atoms with Crippen LogP contribution in [-0.4, -0.2) is 18.6 Å². The van der Waals surface area contributed by atoms with Gasteiger partial charge in [-0.2, -0.15) is 0 Å². The molecule has 100 valence electrons. The average molecular weight is 268 g/mol. The van der Waals surface area contributed by atoms with Gasteiger partial charge in [0.05, 0.1) is 5.69 Å². The fourth-order valence-electron chi connectivity index (χ4n) is 1.69. The maximum absolute atomic E-state index is 12.0. The van der Waals surface area contributed by atoms with Gasteiger partial charge in [-0.05, 0) is 36.4 Å². The summed E-state index contributed by atoms with van der Waals surface area (Å²) in [6.07, 6.45) is 1.25. The Balaban J connectivity index is 2.15. The highest BCUT2D eigenvalue weighted by Crippen LogP contribution is 2.15. The molecular weight excluding hydrogens is 256 g/mol. The highest BCUT2D eigenvalue weighted by atomic mass is 16.1. The maximum atomic E-state index is 12.0. The maximum Gasteiger partial charge on any atom is 0.255 e. The number of nitrogens with one attached hydrogen (secondary N) is 2. The second kappa shape index (κ2) is 6.29. The van der Waals surface area contributed by atoms with E-state index in [0.29, 0.717) is 35.2 Å². The molecule has 0 unspecified atom stereocenters. The van der Waals surface area contributed by atoms with E-state index >= 15 is 0 Å². The topological polar surface area (TPSA) is 75.3 Å². The Kier molecular flexibility index (Phi) is 4.24. The number of hydrogen-bond acceptors (Lipinski definition) is 3. The van der Waals surface area contributed by atoms with Crippen molar-refractivity contribution in [3.05, 3.63) is 59.7 Å². The normalized spacial score (nSPS) is 9.60. The van der Waals surface area contributed by atoms with Gasteiger partial charge in [-0.3, -0.25) is 14.4 Å². The van der Waals surface area contributed by atoms with Gasteiger partial charge in [0.15, 0.2) is 6.29 Å². The van der Waals surface area contributed by atoms with Crippen molar-refractivity contribution in [3.8, 4) is 0 Å². The molecule has 2 N–H and O–H groups in total. The summed E-state index contributed by atoms with van der Waals surface area (Å²) >= 11 is 0. The first-order valence-corrected chi connectivity index (χ1v) is 5.90.